The molecule has 1 aliphatic heterocycles. The van der Waals surface area contributed by atoms with Gasteiger partial charge in [0.15, 0.2) is 0 Å². The first-order valence-electron chi connectivity index (χ1n) is 6.20. The lowest BCUT2D eigenvalue weighted by Crippen LogP contribution is -2.40. The van der Waals surface area contributed by atoms with Crippen LogP contribution in [0.25, 0.3) is 0 Å². The Morgan fingerprint density at radius 3 is 3.11 bits per heavy atom. The number of nitrogens with zero attached hydrogens (tertiary/aromatic N) is 3. The molecule has 1 aromatic heterocycles. The molecule has 0 amide bonds. The number of piperidine rings is 1. The maximum absolute atomic E-state index is 9.12. The molecule has 1 aromatic rings. The van der Waals surface area contributed by atoms with Crippen LogP contribution in [0.15, 0.2) is 12.3 Å². The van der Waals surface area contributed by atoms with E-state index in [0.717, 1.165) is 32.2 Å². The molecule has 2 heterocycles. The number of rotatable bonds is 3. The first-order chi connectivity index (χ1) is 8.77. The van der Waals surface area contributed by atoms with Crippen LogP contribution < -0.4 is 4.90 Å². The van der Waals surface area contributed by atoms with Gasteiger partial charge >= 0.3 is 0 Å². The van der Waals surface area contributed by atoms with Crippen molar-refractivity contribution >= 4 is 17.4 Å². The van der Waals surface area contributed by atoms with Crippen molar-refractivity contribution in [1.82, 2.24) is 4.98 Å². The number of halogens is 1. The summed E-state index contributed by atoms with van der Waals surface area (Å²) in [6, 6.07) is 3.96. The summed E-state index contributed by atoms with van der Waals surface area (Å²) in [5.74, 6) is 0.675. The van der Waals surface area contributed by atoms with Gasteiger partial charge in [0.05, 0.1) is 5.56 Å². The van der Waals surface area contributed by atoms with Crippen LogP contribution in [0.4, 0.5) is 5.82 Å². The van der Waals surface area contributed by atoms with Crippen LogP contribution in [0.1, 0.15) is 31.2 Å². The molecule has 0 saturated carbocycles. The molecule has 96 valence electrons. The average Bonchev–Trinajstić information content (AvgIpc) is 2.40. The highest BCUT2D eigenvalue weighted by Gasteiger charge is 2.25. The molecule has 5 heteroatoms. The zero-order chi connectivity index (χ0) is 13.0. The lowest BCUT2D eigenvalue weighted by atomic mass is 9.99. The lowest BCUT2D eigenvalue weighted by Gasteiger charge is -2.37. The first-order valence-corrected chi connectivity index (χ1v) is 6.58. The molecule has 0 spiro atoms. The number of aromatic nitrogens is 1. The number of aliphatic hydroxyl groups excluding tert-OH is 1. The van der Waals surface area contributed by atoms with Crippen molar-refractivity contribution in [1.29, 1.82) is 5.26 Å². The molecule has 1 unspecified atom stereocenters. The number of nitriles is 1. The van der Waals surface area contributed by atoms with E-state index < -0.39 is 0 Å². The Labute approximate surface area is 112 Å². The molecular weight excluding hydrogens is 250 g/mol. The fraction of sp³-hybridized carbons (Fsp3) is 0.538. The van der Waals surface area contributed by atoms with E-state index in [1.165, 1.54) is 0 Å². The number of aliphatic hydroxyl groups is 1. The van der Waals surface area contributed by atoms with Gasteiger partial charge in [-0.3, -0.25) is 0 Å². The third-order valence-corrected chi connectivity index (χ3v) is 3.73. The zero-order valence-electron chi connectivity index (χ0n) is 10.1. The molecule has 1 fully saturated rings. The normalized spacial score (nSPS) is 19.6. The van der Waals surface area contributed by atoms with Crippen molar-refractivity contribution in [3.63, 3.8) is 0 Å². The minimum Gasteiger partial charge on any atom is -0.396 e. The Hall–Kier alpha value is -1.31. The molecule has 18 heavy (non-hydrogen) atoms. The van der Waals surface area contributed by atoms with Gasteiger partial charge in [0, 0.05) is 25.4 Å². The second kappa shape index (κ2) is 6.03. The van der Waals surface area contributed by atoms with Crippen LogP contribution in [-0.4, -0.2) is 29.3 Å². The number of anilines is 1. The van der Waals surface area contributed by atoms with Gasteiger partial charge < -0.3 is 10.0 Å². The third kappa shape index (κ3) is 2.58. The monoisotopic (exact) mass is 265 g/mol. The molecule has 4 nitrogen and oxygen atoms in total. The topological polar surface area (TPSA) is 60.2 Å². The quantitative estimate of drug-likeness (QED) is 0.911. The molecule has 1 aliphatic rings. The van der Waals surface area contributed by atoms with Gasteiger partial charge in [-0.15, -0.1) is 0 Å². The minimum absolute atomic E-state index is 0.163. The number of pyridine rings is 1. The van der Waals surface area contributed by atoms with Gasteiger partial charge in [0.2, 0.25) is 0 Å². The predicted molar refractivity (Wildman–Crippen MR) is 70.6 cm³/mol. The molecule has 0 bridgehead atoms. The Balaban J connectivity index is 2.31. The van der Waals surface area contributed by atoms with E-state index in [1.54, 1.807) is 12.3 Å². The van der Waals surface area contributed by atoms with E-state index >= 15 is 0 Å². The van der Waals surface area contributed by atoms with Crippen LogP contribution in [0, 0.1) is 11.3 Å². The highest BCUT2D eigenvalue weighted by molar-refractivity contribution is 6.34. The van der Waals surface area contributed by atoms with E-state index in [1.807, 2.05) is 0 Å². The molecule has 1 N–H and O–H groups in total. The molecule has 2 rings (SSSR count). The van der Waals surface area contributed by atoms with Gasteiger partial charge in [-0.05, 0) is 31.7 Å². The average molecular weight is 266 g/mol. The summed E-state index contributed by atoms with van der Waals surface area (Å²) in [5.41, 5.74) is 0.454. The first kappa shape index (κ1) is 13.1. The summed E-state index contributed by atoms with van der Waals surface area (Å²) in [6.45, 7) is 1.04. The van der Waals surface area contributed by atoms with Crippen molar-refractivity contribution < 1.29 is 5.11 Å². The molecule has 0 radical (unpaired) electrons. The van der Waals surface area contributed by atoms with Crippen molar-refractivity contribution in [2.24, 2.45) is 0 Å². The van der Waals surface area contributed by atoms with Crippen LogP contribution in [0.2, 0.25) is 5.02 Å². The summed E-state index contributed by atoms with van der Waals surface area (Å²) in [6.07, 6.45) is 5.63. The van der Waals surface area contributed by atoms with E-state index in [0.29, 0.717) is 16.4 Å². The van der Waals surface area contributed by atoms with Crippen LogP contribution in [0.5, 0.6) is 0 Å². The van der Waals surface area contributed by atoms with E-state index in [9.17, 15) is 0 Å². The largest absolute Gasteiger partial charge is 0.396 e. The molecule has 0 aromatic carbocycles. The van der Waals surface area contributed by atoms with Gasteiger partial charge in [0.25, 0.3) is 0 Å². The third-order valence-electron chi connectivity index (χ3n) is 3.35. The smallest absolute Gasteiger partial charge is 0.148 e. The van der Waals surface area contributed by atoms with Crippen molar-refractivity contribution in [2.75, 3.05) is 18.1 Å². The zero-order valence-corrected chi connectivity index (χ0v) is 10.9. The molecule has 1 saturated heterocycles. The van der Waals surface area contributed by atoms with Crippen LogP contribution >= 0.6 is 11.6 Å². The fourth-order valence-electron chi connectivity index (χ4n) is 2.45. The molecular formula is C13H16ClN3O. The summed E-state index contributed by atoms with van der Waals surface area (Å²) < 4.78 is 0. The Kier molecular flexibility index (Phi) is 4.40. The highest BCUT2D eigenvalue weighted by atomic mass is 35.5. The second-order valence-corrected chi connectivity index (χ2v) is 4.84. The Bertz CT molecular complexity index is 456. The van der Waals surface area contributed by atoms with Crippen molar-refractivity contribution in [2.45, 2.75) is 31.7 Å². The van der Waals surface area contributed by atoms with E-state index in [4.69, 9.17) is 22.0 Å². The Morgan fingerprint density at radius 2 is 2.39 bits per heavy atom. The Morgan fingerprint density at radius 1 is 1.56 bits per heavy atom. The lowest BCUT2D eigenvalue weighted by molar-refractivity contribution is 0.262. The highest BCUT2D eigenvalue weighted by Crippen LogP contribution is 2.32. The maximum atomic E-state index is 9.12. The molecule has 1 atom stereocenters. The SMILES string of the molecule is N#Cc1ccnc(N2CCCCC2CCO)c1Cl. The van der Waals surface area contributed by atoms with Crippen molar-refractivity contribution in [3.8, 4) is 6.07 Å². The summed E-state index contributed by atoms with van der Waals surface area (Å²) in [4.78, 5) is 6.43. The maximum Gasteiger partial charge on any atom is 0.148 e. The van der Waals surface area contributed by atoms with E-state index in [2.05, 4.69) is 16.0 Å². The fourth-order valence-corrected chi connectivity index (χ4v) is 2.71. The van der Waals surface area contributed by atoms with E-state index in [-0.39, 0.29) is 12.6 Å². The number of hydrogen-bond donors (Lipinski definition) is 1. The van der Waals surface area contributed by atoms with Crippen LogP contribution in [0.3, 0.4) is 0 Å². The van der Waals surface area contributed by atoms with Gasteiger partial charge in [-0.2, -0.15) is 5.26 Å². The minimum atomic E-state index is 0.163. The molecule has 0 aliphatic carbocycles. The number of hydrogen-bond acceptors (Lipinski definition) is 4. The van der Waals surface area contributed by atoms with Crippen LogP contribution in [-0.2, 0) is 0 Å². The van der Waals surface area contributed by atoms with Gasteiger partial charge in [-0.1, -0.05) is 11.6 Å². The van der Waals surface area contributed by atoms with Crippen molar-refractivity contribution in [3.05, 3.63) is 22.8 Å². The summed E-state index contributed by atoms with van der Waals surface area (Å²) in [7, 11) is 0. The van der Waals surface area contributed by atoms with Gasteiger partial charge in [0.1, 0.15) is 16.9 Å². The second-order valence-electron chi connectivity index (χ2n) is 4.46. The summed E-state index contributed by atoms with van der Waals surface area (Å²) >= 11 is 6.22. The standard InChI is InChI=1S/C13H16ClN3O/c14-12-10(9-15)4-6-16-13(12)17-7-2-1-3-11(17)5-8-18/h4,6,11,18H,1-3,5,7-8H2. The van der Waals surface area contributed by atoms with Gasteiger partial charge in [-0.25, -0.2) is 4.98 Å². The predicted octanol–water partition coefficient (Wildman–Crippen LogP) is 2.35. The summed E-state index contributed by atoms with van der Waals surface area (Å²) in [5, 5.41) is 18.5.